The Morgan fingerprint density at radius 1 is 1.12 bits per heavy atom. The molecule has 1 saturated heterocycles. The highest BCUT2D eigenvalue weighted by Crippen LogP contribution is 2.22. The third-order valence-corrected chi connectivity index (χ3v) is 6.37. The molecule has 0 N–H and O–H groups in total. The molecule has 2 heterocycles. The number of sulfonamides is 1. The lowest BCUT2D eigenvalue weighted by atomic mass is 10.2. The Hall–Kier alpha value is -2.06. The number of hydrogen-bond donors (Lipinski definition) is 0. The van der Waals surface area contributed by atoms with Gasteiger partial charge in [-0.25, -0.2) is 22.2 Å². The van der Waals surface area contributed by atoms with Gasteiger partial charge in [-0.05, 0) is 31.0 Å². The van der Waals surface area contributed by atoms with Gasteiger partial charge in [0.1, 0.15) is 22.3 Å². The first-order chi connectivity index (χ1) is 12.4. The zero-order valence-electron chi connectivity index (χ0n) is 14.5. The zero-order valence-corrected chi connectivity index (χ0v) is 15.3. The first-order valence-corrected chi connectivity index (χ1v) is 9.93. The van der Waals surface area contributed by atoms with E-state index in [1.165, 1.54) is 28.7 Å². The number of piperidine rings is 1. The molecule has 1 fully saturated rings. The maximum absolute atomic E-state index is 13.8. The van der Waals surface area contributed by atoms with Gasteiger partial charge in [-0.1, -0.05) is 12.5 Å². The molecule has 0 spiro atoms. The van der Waals surface area contributed by atoms with E-state index in [2.05, 4.69) is 4.98 Å². The Bertz CT molecular complexity index is 867. The molecule has 0 amide bonds. The Morgan fingerprint density at radius 3 is 2.46 bits per heavy atom. The molecule has 1 aromatic heterocycles. The lowest BCUT2D eigenvalue weighted by molar-refractivity contribution is 0.346. The minimum Gasteiger partial charge on any atom is -0.355 e. The third kappa shape index (κ3) is 4.02. The van der Waals surface area contributed by atoms with Gasteiger partial charge in [0.15, 0.2) is 0 Å². The molecule has 3 rings (SSSR count). The molecule has 140 valence electrons. The number of nitrogens with zero attached hydrogens (tertiary/aromatic N) is 3. The minimum absolute atomic E-state index is 0.157. The van der Waals surface area contributed by atoms with Crippen molar-refractivity contribution in [2.75, 3.05) is 25.0 Å². The number of hydrogen-bond acceptors (Lipinski definition) is 4. The van der Waals surface area contributed by atoms with Gasteiger partial charge < -0.3 is 4.90 Å². The van der Waals surface area contributed by atoms with E-state index in [1.807, 2.05) is 0 Å². The van der Waals surface area contributed by atoms with Gasteiger partial charge in [-0.15, -0.1) is 0 Å². The minimum atomic E-state index is -3.52. The van der Waals surface area contributed by atoms with Crippen LogP contribution in [0.1, 0.15) is 24.8 Å². The summed E-state index contributed by atoms with van der Waals surface area (Å²) in [5, 5.41) is 0. The summed E-state index contributed by atoms with van der Waals surface area (Å²) in [7, 11) is -1.81. The van der Waals surface area contributed by atoms with Crippen LogP contribution in [0.2, 0.25) is 0 Å². The topological polar surface area (TPSA) is 53.5 Å². The quantitative estimate of drug-likeness (QED) is 0.798. The van der Waals surface area contributed by atoms with Crippen molar-refractivity contribution in [3.05, 3.63) is 53.7 Å². The molecule has 0 unspecified atom stereocenters. The maximum Gasteiger partial charge on any atom is 0.244 e. The van der Waals surface area contributed by atoms with Gasteiger partial charge in [-0.3, -0.25) is 0 Å². The second kappa shape index (κ2) is 7.67. The molecule has 0 saturated carbocycles. The molecule has 1 aliphatic heterocycles. The molecule has 0 bridgehead atoms. The fourth-order valence-electron chi connectivity index (χ4n) is 2.99. The average molecular weight is 381 g/mol. The Labute approximate surface area is 152 Å². The Morgan fingerprint density at radius 2 is 1.85 bits per heavy atom. The molecule has 5 nitrogen and oxygen atoms in total. The van der Waals surface area contributed by atoms with Crippen LogP contribution in [0.15, 0.2) is 41.4 Å². The molecule has 26 heavy (non-hydrogen) atoms. The number of pyridine rings is 1. The first kappa shape index (κ1) is 18.7. The van der Waals surface area contributed by atoms with Crippen LogP contribution >= 0.6 is 0 Å². The van der Waals surface area contributed by atoms with Crippen molar-refractivity contribution in [1.29, 1.82) is 0 Å². The molecule has 0 atom stereocenters. The fraction of sp³-hybridized carbons (Fsp3) is 0.389. The molecular weight excluding hydrogens is 360 g/mol. The van der Waals surface area contributed by atoms with E-state index in [-0.39, 0.29) is 11.4 Å². The summed E-state index contributed by atoms with van der Waals surface area (Å²) in [5.41, 5.74) is 0.334. The number of anilines is 1. The smallest absolute Gasteiger partial charge is 0.244 e. The Balaban J connectivity index is 1.74. The monoisotopic (exact) mass is 381 g/mol. The van der Waals surface area contributed by atoms with E-state index in [9.17, 15) is 17.2 Å². The van der Waals surface area contributed by atoms with Crippen molar-refractivity contribution < 1.29 is 17.2 Å². The number of rotatable bonds is 5. The van der Waals surface area contributed by atoms with E-state index in [4.69, 9.17) is 0 Å². The summed E-state index contributed by atoms with van der Waals surface area (Å²) in [5.74, 6) is -0.744. The highest BCUT2D eigenvalue weighted by atomic mass is 32.2. The van der Waals surface area contributed by atoms with Crippen molar-refractivity contribution in [3.8, 4) is 0 Å². The highest BCUT2D eigenvalue weighted by molar-refractivity contribution is 7.89. The lowest BCUT2D eigenvalue weighted by Crippen LogP contribution is -2.35. The van der Waals surface area contributed by atoms with Crippen LogP contribution in [-0.2, 0) is 16.6 Å². The largest absolute Gasteiger partial charge is 0.355 e. The van der Waals surface area contributed by atoms with Gasteiger partial charge in [0.05, 0.1) is 0 Å². The third-order valence-electron chi connectivity index (χ3n) is 4.49. The molecule has 0 aliphatic carbocycles. The van der Waals surface area contributed by atoms with E-state index >= 15 is 0 Å². The van der Waals surface area contributed by atoms with E-state index in [1.54, 1.807) is 18.0 Å². The molecule has 0 radical (unpaired) electrons. The lowest BCUT2D eigenvalue weighted by Gasteiger charge is -2.26. The molecular formula is C18H21F2N3O2S. The number of aromatic nitrogens is 1. The van der Waals surface area contributed by atoms with Gasteiger partial charge in [0, 0.05) is 44.5 Å². The second-order valence-corrected chi connectivity index (χ2v) is 8.35. The van der Waals surface area contributed by atoms with Crippen molar-refractivity contribution in [3.63, 3.8) is 0 Å². The van der Waals surface area contributed by atoms with Crippen LogP contribution in [0.25, 0.3) is 0 Å². The van der Waals surface area contributed by atoms with E-state index in [0.717, 1.165) is 25.3 Å². The van der Waals surface area contributed by atoms with E-state index in [0.29, 0.717) is 24.5 Å². The van der Waals surface area contributed by atoms with Crippen LogP contribution in [-0.4, -0.2) is 37.8 Å². The predicted octanol–water partition coefficient (Wildman–Crippen LogP) is 3.17. The predicted molar refractivity (Wildman–Crippen MR) is 95.3 cm³/mol. The Kier molecular flexibility index (Phi) is 5.52. The summed E-state index contributed by atoms with van der Waals surface area (Å²) < 4.78 is 53.5. The van der Waals surface area contributed by atoms with Crippen LogP contribution < -0.4 is 4.90 Å². The molecule has 1 aliphatic rings. The van der Waals surface area contributed by atoms with Crippen molar-refractivity contribution in [2.24, 2.45) is 0 Å². The van der Waals surface area contributed by atoms with Crippen LogP contribution in [0, 0.1) is 11.6 Å². The second-order valence-electron chi connectivity index (χ2n) is 6.41. The maximum atomic E-state index is 13.8. The summed E-state index contributed by atoms with van der Waals surface area (Å²) in [6, 6.07) is 6.54. The van der Waals surface area contributed by atoms with Gasteiger partial charge >= 0.3 is 0 Å². The van der Waals surface area contributed by atoms with Gasteiger partial charge in [0.2, 0.25) is 10.0 Å². The average Bonchev–Trinajstić information content (AvgIpc) is 2.65. The normalized spacial score (nSPS) is 15.8. The van der Waals surface area contributed by atoms with Crippen LogP contribution in [0.3, 0.4) is 0 Å². The highest BCUT2D eigenvalue weighted by Gasteiger charge is 2.26. The zero-order chi connectivity index (χ0) is 18.7. The summed E-state index contributed by atoms with van der Waals surface area (Å²) in [4.78, 5) is 6.04. The van der Waals surface area contributed by atoms with Gasteiger partial charge in [0.25, 0.3) is 0 Å². The van der Waals surface area contributed by atoms with Crippen molar-refractivity contribution in [2.45, 2.75) is 30.7 Å². The molecule has 2 aromatic rings. The molecule has 8 heteroatoms. The summed E-state index contributed by atoms with van der Waals surface area (Å²) >= 11 is 0. The van der Waals surface area contributed by atoms with Crippen LogP contribution in [0.4, 0.5) is 14.6 Å². The summed E-state index contributed by atoms with van der Waals surface area (Å²) in [6.45, 7) is 1.26. The number of benzene rings is 1. The summed E-state index contributed by atoms with van der Waals surface area (Å²) in [6.07, 6.45) is 4.12. The van der Waals surface area contributed by atoms with Gasteiger partial charge in [-0.2, -0.15) is 4.31 Å². The number of halogens is 2. The standard InChI is InChI=1S/C18H21F2N3O2S/c1-22(13-14-5-6-15(19)11-17(14)20)18-8-7-16(12-21-18)26(24,25)23-9-3-2-4-10-23/h5-8,11-12H,2-4,9-10,13H2,1H3. The van der Waals surface area contributed by atoms with Crippen molar-refractivity contribution >= 4 is 15.8 Å². The van der Waals surface area contributed by atoms with Crippen molar-refractivity contribution in [1.82, 2.24) is 9.29 Å². The van der Waals surface area contributed by atoms with E-state index < -0.39 is 21.7 Å². The fourth-order valence-corrected chi connectivity index (χ4v) is 4.45. The SMILES string of the molecule is CN(Cc1ccc(F)cc1F)c1ccc(S(=O)(=O)N2CCCCC2)cn1. The molecule has 1 aromatic carbocycles. The first-order valence-electron chi connectivity index (χ1n) is 8.49. The van der Waals surface area contributed by atoms with Crippen LogP contribution in [0.5, 0.6) is 0 Å².